The number of unbranched alkanes of at least 4 members (excludes halogenated alkanes) is 6. The molecule has 66 heavy (non-hydrogen) atoms. The van der Waals surface area contributed by atoms with Crippen LogP contribution in [0.5, 0.6) is 0 Å². The van der Waals surface area contributed by atoms with Crippen molar-refractivity contribution in [2.24, 2.45) is 0 Å². The van der Waals surface area contributed by atoms with Crippen molar-refractivity contribution in [3.63, 3.8) is 0 Å². The molecule has 7 rings (SSSR count). The van der Waals surface area contributed by atoms with Gasteiger partial charge in [-0.25, -0.2) is 0 Å². The molecule has 0 bridgehead atoms. The Morgan fingerprint density at radius 3 is 0.470 bits per heavy atom. The van der Waals surface area contributed by atoms with E-state index in [4.69, 9.17) is 0 Å². The predicted molar refractivity (Wildman–Crippen MR) is 288 cm³/mol. The van der Waals surface area contributed by atoms with Crippen molar-refractivity contribution in [1.29, 1.82) is 0 Å². The zero-order chi connectivity index (χ0) is 46.1. The molecule has 0 atom stereocenters. The number of hydrogen-bond donors (Lipinski definition) is 0. The summed E-state index contributed by atoms with van der Waals surface area (Å²) >= 11 is 0. The summed E-state index contributed by atoms with van der Waals surface area (Å²) < 4.78 is 0. The first-order valence-corrected chi connectivity index (χ1v) is 26.3. The second kappa shape index (κ2) is 24.9. The van der Waals surface area contributed by atoms with E-state index in [2.05, 4.69) is 187 Å². The molecule has 0 aliphatic heterocycles. The molecule has 1 saturated carbocycles. The largest absolute Gasteiger partial charge is 0.0654 e. The van der Waals surface area contributed by atoms with Crippen LogP contribution in [0.15, 0.2) is 162 Å². The van der Waals surface area contributed by atoms with Crippen molar-refractivity contribution >= 4 is 16.7 Å². The van der Waals surface area contributed by atoms with Crippen molar-refractivity contribution < 1.29 is 0 Å². The maximum Gasteiger partial charge on any atom is -0.0000936 e. The van der Waals surface area contributed by atoms with Gasteiger partial charge in [0.25, 0.3) is 0 Å². The SMILES string of the molecule is CCCCc1ccc(C(=C2C(=C(c3ccc(CCCC)cc3)c3ccc(CCCC)cc3)C2=C(c2ccc(CCCC)cc2)c2ccc(CCCC)cc2)c2ccc(CCCC)cc2)cc1. The topological polar surface area (TPSA) is 0 Å². The first-order valence-electron chi connectivity index (χ1n) is 26.3. The highest BCUT2D eigenvalue weighted by Crippen LogP contribution is 2.59. The van der Waals surface area contributed by atoms with Gasteiger partial charge in [-0.15, -0.1) is 0 Å². The third kappa shape index (κ3) is 12.5. The van der Waals surface area contributed by atoms with Gasteiger partial charge < -0.3 is 0 Å². The lowest BCUT2D eigenvalue weighted by Gasteiger charge is -2.12. The van der Waals surface area contributed by atoms with Gasteiger partial charge in [-0.1, -0.05) is 226 Å². The van der Waals surface area contributed by atoms with Gasteiger partial charge in [-0.2, -0.15) is 0 Å². The Balaban J connectivity index is 1.59. The fourth-order valence-electron chi connectivity index (χ4n) is 9.62. The average Bonchev–Trinajstić information content (AvgIpc) is 4.07. The highest BCUT2D eigenvalue weighted by atomic mass is 14.4. The van der Waals surface area contributed by atoms with Crippen LogP contribution in [0.3, 0.4) is 0 Å². The van der Waals surface area contributed by atoms with Crippen LogP contribution >= 0.6 is 0 Å². The standard InChI is InChI=1S/C66H78/c1-7-13-19-49-25-37-55(38-26-49)61(56-39-27-50(28-40-56)20-14-8-2)64-65(62(57-41-29-51(30-42-57)21-15-9-3)58-43-31-52(32-44-58)22-16-10-4)66(64)63(59-45-33-53(34-46-59)23-17-11-5)60-47-35-54(36-48-60)24-18-12-6/h25-48H,7-24H2,1-6H3. The summed E-state index contributed by atoms with van der Waals surface area (Å²) in [5.41, 5.74) is 24.3. The monoisotopic (exact) mass is 871 g/mol. The third-order valence-electron chi connectivity index (χ3n) is 13.8. The fourth-order valence-corrected chi connectivity index (χ4v) is 9.62. The van der Waals surface area contributed by atoms with Crippen LogP contribution in [-0.2, 0) is 38.5 Å². The van der Waals surface area contributed by atoms with Gasteiger partial charge >= 0.3 is 0 Å². The summed E-state index contributed by atoms with van der Waals surface area (Å²) in [7, 11) is 0. The molecule has 1 fully saturated rings. The molecule has 0 nitrogen and oxygen atoms in total. The lowest BCUT2D eigenvalue weighted by Crippen LogP contribution is -1.94. The quantitative estimate of drug-likeness (QED) is 0.0568. The molecule has 0 heterocycles. The summed E-state index contributed by atoms with van der Waals surface area (Å²) in [5.74, 6) is 0. The van der Waals surface area contributed by atoms with E-state index in [9.17, 15) is 0 Å². The van der Waals surface area contributed by atoms with E-state index in [1.807, 2.05) is 0 Å². The van der Waals surface area contributed by atoms with Crippen LogP contribution in [0.25, 0.3) is 16.7 Å². The van der Waals surface area contributed by atoms with Gasteiger partial charge in [-0.3, -0.25) is 0 Å². The molecule has 0 amide bonds. The van der Waals surface area contributed by atoms with E-state index in [1.54, 1.807) is 0 Å². The minimum absolute atomic E-state index is 1.12. The second-order valence-corrected chi connectivity index (χ2v) is 19.1. The van der Waals surface area contributed by atoms with E-state index < -0.39 is 0 Å². The van der Waals surface area contributed by atoms with Gasteiger partial charge in [-0.05, 0) is 177 Å². The lowest BCUT2D eigenvalue weighted by atomic mass is 9.91. The predicted octanol–water partition coefficient (Wildman–Crippen LogP) is 18.6. The number of rotatable bonds is 24. The minimum Gasteiger partial charge on any atom is -0.0654 e. The summed E-state index contributed by atoms with van der Waals surface area (Å²) in [6.45, 7) is 13.8. The highest BCUT2D eigenvalue weighted by molar-refractivity contribution is 6.13. The van der Waals surface area contributed by atoms with Crippen molar-refractivity contribution in [3.8, 4) is 0 Å². The molecule has 342 valence electrons. The van der Waals surface area contributed by atoms with E-state index >= 15 is 0 Å². The number of allylic oxidation sites excluding steroid dienone is 3. The van der Waals surface area contributed by atoms with Gasteiger partial charge in [0.1, 0.15) is 0 Å². The van der Waals surface area contributed by atoms with Crippen molar-refractivity contribution in [1.82, 2.24) is 0 Å². The minimum atomic E-state index is 1.12. The molecule has 0 heteroatoms. The van der Waals surface area contributed by atoms with Crippen LogP contribution in [0.2, 0.25) is 0 Å². The Hall–Kier alpha value is -5.46. The van der Waals surface area contributed by atoms with Crippen molar-refractivity contribution in [2.75, 3.05) is 0 Å². The number of hydrogen-bond acceptors (Lipinski definition) is 0. The molecular weight excluding hydrogens is 793 g/mol. The maximum atomic E-state index is 2.42. The summed E-state index contributed by atoms with van der Waals surface area (Å²) in [4.78, 5) is 0. The average molecular weight is 871 g/mol. The van der Waals surface area contributed by atoms with Crippen LogP contribution in [0, 0.1) is 0 Å². The lowest BCUT2D eigenvalue weighted by molar-refractivity contribution is 0.795. The molecule has 0 spiro atoms. The van der Waals surface area contributed by atoms with Gasteiger partial charge in [0.15, 0.2) is 0 Å². The normalized spacial score (nSPS) is 12.2. The molecule has 0 unspecified atom stereocenters. The molecule has 6 aromatic carbocycles. The molecule has 0 aromatic heterocycles. The Morgan fingerprint density at radius 2 is 0.348 bits per heavy atom. The summed E-state index contributed by atoms with van der Waals surface area (Å²) in [5, 5.41) is 0. The van der Waals surface area contributed by atoms with Crippen LogP contribution < -0.4 is 0 Å². The van der Waals surface area contributed by atoms with E-state index in [1.165, 1.54) is 177 Å². The Kier molecular flexibility index (Phi) is 18.3. The smallest absolute Gasteiger partial charge is 0.0000936 e. The highest BCUT2D eigenvalue weighted by Gasteiger charge is 2.41. The Labute approximate surface area is 401 Å². The molecule has 0 saturated heterocycles. The Morgan fingerprint density at radius 1 is 0.212 bits per heavy atom. The molecule has 0 radical (unpaired) electrons. The van der Waals surface area contributed by atoms with Crippen LogP contribution in [-0.4, -0.2) is 0 Å². The maximum absolute atomic E-state index is 2.42. The molecule has 6 aromatic rings. The van der Waals surface area contributed by atoms with Gasteiger partial charge in [0.05, 0.1) is 0 Å². The van der Waals surface area contributed by atoms with Crippen molar-refractivity contribution in [2.45, 2.75) is 157 Å². The fraction of sp³-hybridized carbons (Fsp3) is 0.364. The first-order chi connectivity index (χ1) is 32.5. The van der Waals surface area contributed by atoms with Crippen LogP contribution in [0.4, 0.5) is 0 Å². The van der Waals surface area contributed by atoms with Crippen molar-refractivity contribution in [3.05, 3.63) is 229 Å². The van der Waals surface area contributed by atoms with Gasteiger partial charge in [0.2, 0.25) is 0 Å². The van der Waals surface area contributed by atoms with Crippen LogP contribution in [0.1, 0.15) is 185 Å². The Bertz CT molecular complexity index is 2040. The third-order valence-corrected chi connectivity index (χ3v) is 13.8. The second-order valence-electron chi connectivity index (χ2n) is 19.1. The van der Waals surface area contributed by atoms with Gasteiger partial charge in [0, 0.05) is 0 Å². The van der Waals surface area contributed by atoms with E-state index in [0.29, 0.717) is 0 Å². The number of aryl methyl sites for hydroxylation is 6. The molecular formula is C66H78. The zero-order valence-electron chi connectivity index (χ0n) is 41.6. The summed E-state index contributed by atoms with van der Waals surface area (Å²) in [6, 6.07) is 57.8. The molecule has 0 N–H and O–H groups in total. The first kappa shape index (κ1) is 48.5. The summed E-state index contributed by atoms with van der Waals surface area (Å²) in [6.07, 6.45) is 21.2. The molecule has 1 aliphatic rings. The number of benzene rings is 6. The zero-order valence-corrected chi connectivity index (χ0v) is 41.6. The molecule has 1 aliphatic carbocycles. The van der Waals surface area contributed by atoms with E-state index in [-0.39, 0.29) is 0 Å². The van der Waals surface area contributed by atoms with E-state index in [0.717, 1.165) is 38.5 Å².